The first kappa shape index (κ1) is 15.0. The third-order valence-corrected chi connectivity index (χ3v) is 2.75. The minimum absolute atomic E-state index is 0.282. The zero-order chi connectivity index (χ0) is 13.4. The van der Waals surface area contributed by atoms with Crippen molar-refractivity contribution in [3.05, 3.63) is 29.8 Å². The molecule has 102 valence electrons. The summed E-state index contributed by atoms with van der Waals surface area (Å²) < 4.78 is 5.50. The zero-order valence-electron chi connectivity index (χ0n) is 10.9. The molecule has 1 rings (SSSR count). The van der Waals surface area contributed by atoms with Crippen molar-refractivity contribution in [2.45, 2.75) is 38.4 Å². The number of hydrogen-bond donors (Lipinski definition) is 3. The lowest BCUT2D eigenvalue weighted by molar-refractivity contribution is 0.0990. The van der Waals surface area contributed by atoms with Crippen molar-refractivity contribution in [2.75, 3.05) is 13.2 Å². The molecule has 4 N–H and O–H groups in total. The second-order valence-electron chi connectivity index (χ2n) is 4.42. The summed E-state index contributed by atoms with van der Waals surface area (Å²) in [5.41, 5.74) is 6.21. The summed E-state index contributed by atoms with van der Waals surface area (Å²) in [5.74, 6) is 0.665. The Morgan fingerprint density at radius 3 is 2.72 bits per heavy atom. The molecule has 0 aliphatic carbocycles. The van der Waals surface area contributed by atoms with Gasteiger partial charge < -0.3 is 20.7 Å². The fourth-order valence-electron chi connectivity index (χ4n) is 1.75. The number of aliphatic hydroxyl groups excluding tert-OH is 2. The van der Waals surface area contributed by atoms with Gasteiger partial charge in [-0.05, 0) is 37.1 Å². The van der Waals surface area contributed by atoms with E-state index in [9.17, 15) is 10.2 Å². The molecule has 0 heterocycles. The van der Waals surface area contributed by atoms with Gasteiger partial charge in [-0.1, -0.05) is 25.5 Å². The molecule has 2 atom stereocenters. The highest BCUT2D eigenvalue weighted by atomic mass is 16.5. The minimum atomic E-state index is -0.556. The van der Waals surface area contributed by atoms with E-state index in [0.717, 1.165) is 18.4 Å². The number of nitrogens with two attached hydrogens (primary N) is 1. The highest BCUT2D eigenvalue weighted by Crippen LogP contribution is 2.21. The standard InChI is InChI=1S/C14H23NO3/c1-2-4-12(16)10-18-13-6-3-5-11(9-13)14(17)7-8-15/h3,5-6,9,12,14,16-17H,2,4,7-8,10,15H2,1H3/t12-,14?/m0/s1. The molecule has 0 saturated heterocycles. The third kappa shape index (κ3) is 5.04. The van der Waals surface area contributed by atoms with Gasteiger partial charge in [0.05, 0.1) is 12.2 Å². The summed E-state index contributed by atoms with van der Waals surface area (Å²) in [7, 11) is 0. The van der Waals surface area contributed by atoms with Crippen molar-refractivity contribution < 1.29 is 14.9 Å². The summed E-state index contributed by atoms with van der Waals surface area (Å²) >= 11 is 0. The van der Waals surface area contributed by atoms with Crippen LogP contribution in [0.15, 0.2) is 24.3 Å². The van der Waals surface area contributed by atoms with E-state index >= 15 is 0 Å². The van der Waals surface area contributed by atoms with Gasteiger partial charge in [0.2, 0.25) is 0 Å². The smallest absolute Gasteiger partial charge is 0.119 e. The molecule has 1 aromatic carbocycles. The molecule has 18 heavy (non-hydrogen) atoms. The van der Waals surface area contributed by atoms with Crippen LogP contribution in [0.4, 0.5) is 0 Å². The lowest BCUT2D eigenvalue weighted by Crippen LogP contribution is -2.17. The maximum atomic E-state index is 9.82. The summed E-state index contributed by atoms with van der Waals surface area (Å²) in [4.78, 5) is 0. The third-order valence-electron chi connectivity index (χ3n) is 2.75. The molecule has 0 saturated carbocycles. The number of benzene rings is 1. The highest BCUT2D eigenvalue weighted by Gasteiger charge is 2.08. The van der Waals surface area contributed by atoms with Gasteiger partial charge in [0.25, 0.3) is 0 Å². The SMILES string of the molecule is CCC[C@H](O)COc1cccc(C(O)CCN)c1. The Labute approximate surface area is 108 Å². The number of aliphatic hydroxyl groups is 2. The highest BCUT2D eigenvalue weighted by molar-refractivity contribution is 5.29. The maximum absolute atomic E-state index is 9.82. The lowest BCUT2D eigenvalue weighted by Gasteiger charge is -2.14. The molecule has 4 heteroatoms. The van der Waals surface area contributed by atoms with Gasteiger partial charge in [-0.25, -0.2) is 0 Å². The van der Waals surface area contributed by atoms with Gasteiger partial charge >= 0.3 is 0 Å². The Morgan fingerprint density at radius 1 is 1.28 bits per heavy atom. The summed E-state index contributed by atoms with van der Waals surface area (Å²) in [6.07, 6.45) is 1.20. The average molecular weight is 253 g/mol. The van der Waals surface area contributed by atoms with E-state index in [-0.39, 0.29) is 6.61 Å². The normalized spacial score (nSPS) is 14.2. The molecule has 0 aliphatic rings. The van der Waals surface area contributed by atoms with E-state index < -0.39 is 12.2 Å². The first-order chi connectivity index (χ1) is 8.67. The van der Waals surface area contributed by atoms with Crippen LogP contribution in [0.2, 0.25) is 0 Å². The van der Waals surface area contributed by atoms with Crippen LogP contribution < -0.4 is 10.5 Å². The van der Waals surface area contributed by atoms with Crippen molar-refractivity contribution >= 4 is 0 Å². The predicted octanol–water partition coefficient (Wildman–Crippen LogP) is 1.61. The Balaban J connectivity index is 2.54. The maximum Gasteiger partial charge on any atom is 0.119 e. The molecule has 1 unspecified atom stereocenters. The van der Waals surface area contributed by atoms with Gasteiger partial charge in [0, 0.05) is 0 Å². The first-order valence-corrected chi connectivity index (χ1v) is 6.46. The van der Waals surface area contributed by atoms with Crippen molar-refractivity contribution in [2.24, 2.45) is 5.73 Å². The van der Waals surface area contributed by atoms with Crippen LogP contribution in [0.3, 0.4) is 0 Å². The van der Waals surface area contributed by atoms with Crippen LogP contribution in [0.25, 0.3) is 0 Å². The molecule has 4 nitrogen and oxygen atoms in total. The fourth-order valence-corrected chi connectivity index (χ4v) is 1.75. The van der Waals surface area contributed by atoms with E-state index in [1.165, 1.54) is 0 Å². The van der Waals surface area contributed by atoms with Gasteiger partial charge in [-0.3, -0.25) is 0 Å². The van der Waals surface area contributed by atoms with Gasteiger partial charge in [0.1, 0.15) is 12.4 Å². The largest absolute Gasteiger partial charge is 0.491 e. The molecule has 0 spiro atoms. The first-order valence-electron chi connectivity index (χ1n) is 6.46. The molecule has 0 amide bonds. The van der Waals surface area contributed by atoms with E-state index in [1.807, 2.05) is 25.1 Å². The molecule has 0 fully saturated rings. The quantitative estimate of drug-likeness (QED) is 0.658. The van der Waals surface area contributed by atoms with Crippen molar-refractivity contribution in [1.82, 2.24) is 0 Å². The van der Waals surface area contributed by atoms with E-state index in [4.69, 9.17) is 10.5 Å². The summed E-state index contributed by atoms with van der Waals surface area (Å²) in [6, 6.07) is 7.28. The second kappa shape index (κ2) is 8.08. The van der Waals surface area contributed by atoms with Crippen LogP contribution in [-0.2, 0) is 0 Å². The average Bonchev–Trinajstić information content (AvgIpc) is 2.37. The summed E-state index contributed by atoms with van der Waals surface area (Å²) in [6.45, 7) is 2.75. The fraction of sp³-hybridized carbons (Fsp3) is 0.571. The Kier molecular flexibility index (Phi) is 6.72. The van der Waals surface area contributed by atoms with Crippen LogP contribution in [0.1, 0.15) is 37.9 Å². The van der Waals surface area contributed by atoms with Crippen molar-refractivity contribution in [3.63, 3.8) is 0 Å². The van der Waals surface area contributed by atoms with E-state index in [2.05, 4.69) is 0 Å². The Morgan fingerprint density at radius 2 is 2.06 bits per heavy atom. The van der Waals surface area contributed by atoms with Gasteiger partial charge in [-0.15, -0.1) is 0 Å². The van der Waals surface area contributed by atoms with Gasteiger partial charge in [-0.2, -0.15) is 0 Å². The number of rotatable bonds is 8. The Hall–Kier alpha value is -1.10. The van der Waals surface area contributed by atoms with Crippen LogP contribution in [0.5, 0.6) is 5.75 Å². The predicted molar refractivity (Wildman–Crippen MR) is 71.5 cm³/mol. The molecule has 0 aromatic heterocycles. The lowest BCUT2D eigenvalue weighted by atomic mass is 10.1. The second-order valence-corrected chi connectivity index (χ2v) is 4.42. The molecule has 0 bridgehead atoms. The molecule has 0 radical (unpaired) electrons. The van der Waals surface area contributed by atoms with Gasteiger partial charge in [0.15, 0.2) is 0 Å². The number of ether oxygens (including phenoxy) is 1. The van der Waals surface area contributed by atoms with Crippen molar-refractivity contribution in [3.8, 4) is 5.75 Å². The summed E-state index contributed by atoms with van der Waals surface area (Å²) in [5, 5.41) is 19.4. The molecule has 0 aliphatic heterocycles. The zero-order valence-corrected chi connectivity index (χ0v) is 10.9. The Bertz CT molecular complexity index is 344. The van der Waals surface area contributed by atoms with Crippen LogP contribution in [-0.4, -0.2) is 29.5 Å². The topological polar surface area (TPSA) is 75.7 Å². The van der Waals surface area contributed by atoms with Crippen molar-refractivity contribution in [1.29, 1.82) is 0 Å². The molecular weight excluding hydrogens is 230 g/mol. The molecule has 1 aromatic rings. The molecular formula is C14H23NO3. The minimum Gasteiger partial charge on any atom is -0.491 e. The van der Waals surface area contributed by atoms with E-state index in [0.29, 0.717) is 18.7 Å². The van der Waals surface area contributed by atoms with Crippen LogP contribution in [0, 0.1) is 0 Å². The van der Waals surface area contributed by atoms with E-state index in [1.54, 1.807) is 6.07 Å². The number of hydrogen-bond acceptors (Lipinski definition) is 4. The monoisotopic (exact) mass is 253 g/mol. The van der Waals surface area contributed by atoms with Crippen LogP contribution >= 0.6 is 0 Å².